The van der Waals surface area contributed by atoms with E-state index in [-0.39, 0.29) is 6.04 Å². The van der Waals surface area contributed by atoms with Crippen LogP contribution in [0.4, 0.5) is 0 Å². The summed E-state index contributed by atoms with van der Waals surface area (Å²) >= 11 is 0. The number of hydrogen-bond acceptors (Lipinski definition) is 4. The van der Waals surface area contributed by atoms with Crippen LogP contribution >= 0.6 is 0 Å². The molecule has 6 nitrogen and oxygen atoms in total. The predicted octanol–water partition coefficient (Wildman–Crippen LogP) is 2.35. The molecule has 1 fully saturated rings. The van der Waals surface area contributed by atoms with Crippen molar-refractivity contribution in [1.29, 1.82) is 0 Å². The van der Waals surface area contributed by atoms with Crippen LogP contribution in [0, 0.1) is 5.92 Å². The van der Waals surface area contributed by atoms with E-state index in [0.717, 1.165) is 24.2 Å². The fourth-order valence-corrected chi connectivity index (χ4v) is 4.19. The Balaban J connectivity index is 1.76. The number of hydrogen-bond donors (Lipinski definition) is 0. The SMILES string of the molecule is CC(C)n1nccc1-c1cc(C[C@@H]2CCN(S(C)(=O)=O)C2)ccn1. The first-order valence-electron chi connectivity index (χ1n) is 8.28. The van der Waals surface area contributed by atoms with Crippen LogP contribution in [0.5, 0.6) is 0 Å². The van der Waals surface area contributed by atoms with Crippen molar-refractivity contribution >= 4 is 10.0 Å². The minimum absolute atomic E-state index is 0.276. The molecule has 130 valence electrons. The summed E-state index contributed by atoms with van der Waals surface area (Å²) in [6.45, 7) is 5.43. The Bertz CT molecular complexity index is 814. The summed E-state index contributed by atoms with van der Waals surface area (Å²) in [7, 11) is -3.08. The number of pyridine rings is 1. The number of rotatable bonds is 5. The lowest BCUT2D eigenvalue weighted by molar-refractivity contribution is 0.460. The number of nitrogens with zero attached hydrogens (tertiary/aromatic N) is 4. The zero-order valence-corrected chi connectivity index (χ0v) is 15.2. The van der Waals surface area contributed by atoms with Gasteiger partial charge in [0.1, 0.15) is 0 Å². The Kier molecular flexibility index (Phi) is 4.73. The maximum absolute atomic E-state index is 11.6. The molecule has 0 amide bonds. The molecular weight excluding hydrogens is 324 g/mol. The molecule has 1 aliphatic rings. The van der Waals surface area contributed by atoms with Crippen molar-refractivity contribution in [3.05, 3.63) is 36.2 Å². The van der Waals surface area contributed by atoms with E-state index >= 15 is 0 Å². The minimum atomic E-state index is -3.08. The highest BCUT2D eigenvalue weighted by molar-refractivity contribution is 7.88. The van der Waals surface area contributed by atoms with Crippen molar-refractivity contribution < 1.29 is 8.42 Å². The Morgan fingerprint density at radius 1 is 1.29 bits per heavy atom. The second kappa shape index (κ2) is 6.64. The smallest absolute Gasteiger partial charge is 0.211 e. The molecule has 0 aromatic carbocycles. The van der Waals surface area contributed by atoms with Gasteiger partial charge in [0, 0.05) is 31.5 Å². The van der Waals surface area contributed by atoms with Gasteiger partial charge < -0.3 is 0 Å². The molecule has 0 saturated carbocycles. The fraction of sp³-hybridized carbons (Fsp3) is 0.529. The van der Waals surface area contributed by atoms with Gasteiger partial charge in [-0.25, -0.2) is 12.7 Å². The van der Waals surface area contributed by atoms with E-state index < -0.39 is 10.0 Å². The first-order chi connectivity index (χ1) is 11.3. The lowest BCUT2D eigenvalue weighted by Crippen LogP contribution is -2.27. The lowest BCUT2D eigenvalue weighted by atomic mass is 9.98. The second-order valence-electron chi connectivity index (χ2n) is 6.78. The molecule has 1 atom stereocenters. The maximum Gasteiger partial charge on any atom is 0.211 e. The molecule has 0 unspecified atom stereocenters. The molecule has 24 heavy (non-hydrogen) atoms. The zero-order chi connectivity index (χ0) is 17.3. The van der Waals surface area contributed by atoms with Crippen LogP contribution in [-0.4, -0.2) is 46.8 Å². The summed E-state index contributed by atoms with van der Waals surface area (Å²) in [6.07, 6.45) is 6.69. The van der Waals surface area contributed by atoms with E-state index in [1.54, 1.807) is 10.5 Å². The van der Waals surface area contributed by atoms with Crippen molar-refractivity contribution in [2.45, 2.75) is 32.7 Å². The molecule has 2 aromatic rings. The topological polar surface area (TPSA) is 68.1 Å². The Labute approximate surface area is 143 Å². The van der Waals surface area contributed by atoms with E-state index in [2.05, 4.69) is 30.0 Å². The van der Waals surface area contributed by atoms with Gasteiger partial charge in [-0.3, -0.25) is 9.67 Å². The van der Waals surface area contributed by atoms with Gasteiger partial charge in [-0.1, -0.05) is 0 Å². The highest BCUT2D eigenvalue weighted by Gasteiger charge is 2.28. The molecule has 1 aliphatic heterocycles. The average molecular weight is 348 g/mol. The van der Waals surface area contributed by atoms with Crippen LogP contribution in [0.1, 0.15) is 31.9 Å². The van der Waals surface area contributed by atoms with Crippen LogP contribution in [-0.2, 0) is 16.4 Å². The third kappa shape index (κ3) is 3.67. The van der Waals surface area contributed by atoms with E-state index in [1.807, 2.05) is 23.0 Å². The average Bonchev–Trinajstić information content (AvgIpc) is 3.15. The standard InChI is InChI=1S/C17H24N4O2S/c1-13(2)21-17(5-8-19-21)16-11-14(4-7-18-16)10-15-6-9-20(12-15)24(3,22)23/h4-5,7-8,11,13,15H,6,9-10,12H2,1-3H3/t15-/m0/s1. The van der Waals surface area contributed by atoms with Gasteiger partial charge in [0.15, 0.2) is 0 Å². The molecular formula is C17H24N4O2S. The molecule has 3 heterocycles. The van der Waals surface area contributed by atoms with Crippen LogP contribution in [0.3, 0.4) is 0 Å². The van der Waals surface area contributed by atoms with Crippen molar-refractivity contribution in [3.8, 4) is 11.4 Å². The normalized spacial score (nSPS) is 19.2. The summed E-state index contributed by atoms with van der Waals surface area (Å²) in [5.41, 5.74) is 3.12. The van der Waals surface area contributed by atoms with E-state index in [9.17, 15) is 8.42 Å². The van der Waals surface area contributed by atoms with Gasteiger partial charge in [0.25, 0.3) is 0 Å². The van der Waals surface area contributed by atoms with Gasteiger partial charge in [0.2, 0.25) is 10.0 Å². The minimum Gasteiger partial charge on any atom is -0.261 e. The van der Waals surface area contributed by atoms with Crippen molar-refractivity contribution in [2.75, 3.05) is 19.3 Å². The summed E-state index contributed by atoms with van der Waals surface area (Å²) in [5.74, 6) is 0.366. The molecule has 0 N–H and O–H groups in total. The fourth-order valence-electron chi connectivity index (χ4n) is 3.27. The molecule has 2 aromatic heterocycles. The third-order valence-electron chi connectivity index (χ3n) is 4.49. The van der Waals surface area contributed by atoms with Crippen LogP contribution < -0.4 is 0 Å². The summed E-state index contributed by atoms with van der Waals surface area (Å²) in [5, 5.41) is 4.37. The largest absolute Gasteiger partial charge is 0.261 e. The van der Waals surface area contributed by atoms with Gasteiger partial charge in [-0.2, -0.15) is 5.10 Å². The van der Waals surface area contributed by atoms with Crippen molar-refractivity contribution in [1.82, 2.24) is 19.1 Å². The highest BCUT2D eigenvalue weighted by atomic mass is 32.2. The predicted molar refractivity (Wildman–Crippen MR) is 94.1 cm³/mol. The molecule has 3 rings (SSSR count). The monoisotopic (exact) mass is 348 g/mol. The molecule has 0 bridgehead atoms. The molecule has 0 aliphatic carbocycles. The molecule has 0 radical (unpaired) electrons. The zero-order valence-electron chi connectivity index (χ0n) is 14.4. The second-order valence-corrected chi connectivity index (χ2v) is 8.77. The number of sulfonamides is 1. The Hall–Kier alpha value is -1.73. The molecule has 0 spiro atoms. The maximum atomic E-state index is 11.6. The summed E-state index contributed by atoms with van der Waals surface area (Å²) < 4.78 is 26.8. The molecule has 1 saturated heterocycles. The highest BCUT2D eigenvalue weighted by Crippen LogP contribution is 2.25. The van der Waals surface area contributed by atoms with Crippen LogP contribution in [0.25, 0.3) is 11.4 Å². The molecule has 7 heteroatoms. The summed E-state index contributed by atoms with van der Waals surface area (Å²) in [4.78, 5) is 4.49. The Morgan fingerprint density at radius 2 is 2.08 bits per heavy atom. The van der Waals surface area contributed by atoms with Crippen molar-refractivity contribution in [2.24, 2.45) is 5.92 Å². The third-order valence-corrected chi connectivity index (χ3v) is 5.76. The number of aromatic nitrogens is 3. The van der Waals surface area contributed by atoms with Gasteiger partial charge >= 0.3 is 0 Å². The Morgan fingerprint density at radius 3 is 2.75 bits per heavy atom. The lowest BCUT2D eigenvalue weighted by Gasteiger charge is -2.14. The van der Waals surface area contributed by atoms with E-state index in [1.165, 1.54) is 11.8 Å². The van der Waals surface area contributed by atoms with Gasteiger partial charge in [-0.05, 0) is 56.4 Å². The van der Waals surface area contributed by atoms with Gasteiger partial charge in [-0.15, -0.1) is 0 Å². The first-order valence-corrected chi connectivity index (χ1v) is 10.1. The first kappa shape index (κ1) is 17.1. The van der Waals surface area contributed by atoms with E-state index in [0.29, 0.717) is 19.0 Å². The van der Waals surface area contributed by atoms with E-state index in [4.69, 9.17) is 0 Å². The summed E-state index contributed by atoms with van der Waals surface area (Å²) in [6, 6.07) is 6.37. The van der Waals surface area contributed by atoms with Crippen molar-refractivity contribution in [3.63, 3.8) is 0 Å². The van der Waals surface area contributed by atoms with Crippen LogP contribution in [0.15, 0.2) is 30.6 Å². The quantitative estimate of drug-likeness (QED) is 0.832. The van der Waals surface area contributed by atoms with Gasteiger partial charge in [0.05, 0.1) is 17.6 Å². The van der Waals surface area contributed by atoms with Crippen LogP contribution in [0.2, 0.25) is 0 Å².